The molecule has 1 N–H and O–H groups in total. The molecule has 138 valence electrons. The van der Waals surface area contributed by atoms with E-state index in [4.69, 9.17) is 0 Å². The van der Waals surface area contributed by atoms with Crippen molar-refractivity contribution in [2.45, 2.75) is 6.04 Å². The lowest BCUT2D eigenvalue weighted by molar-refractivity contribution is 0.116. The van der Waals surface area contributed by atoms with Gasteiger partial charge < -0.3 is 20.0 Å². The summed E-state index contributed by atoms with van der Waals surface area (Å²) in [6.45, 7) is 8.45. The van der Waals surface area contributed by atoms with Gasteiger partial charge in [0.05, 0.1) is 0 Å². The van der Waals surface area contributed by atoms with Gasteiger partial charge in [0.15, 0.2) is 5.96 Å². The minimum atomic E-state index is 0.543. The van der Waals surface area contributed by atoms with Gasteiger partial charge in [0.2, 0.25) is 0 Å². The second kappa shape index (κ2) is 8.54. The van der Waals surface area contributed by atoms with Crippen LogP contribution in [0.5, 0.6) is 0 Å². The van der Waals surface area contributed by atoms with Gasteiger partial charge in [-0.2, -0.15) is 0 Å². The molecule has 1 aromatic carbocycles. The van der Waals surface area contributed by atoms with Crippen LogP contribution < -0.4 is 10.2 Å². The van der Waals surface area contributed by atoms with Crippen LogP contribution in [0.2, 0.25) is 0 Å². The Morgan fingerprint density at radius 2 is 1.76 bits per heavy atom. The molecule has 0 aliphatic carbocycles. The Hall–Kier alpha value is -1.79. The summed E-state index contributed by atoms with van der Waals surface area (Å²) in [4.78, 5) is 14.2. The number of likely N-dealkylation sites (N-methyl/N-ethyl adjacent to an activating group) is 2. The molecule has 6 heteroatoms. The Kier molecular flexibility index (Phi) is 6.15. The number of para-hydroxylation sites is 1. The Labute approximate surface area is 152 Å². The third-order valence-corrected chi connectivity index (χ3v) is 5.39. The van der Waals surface area contributed by atoms with Gasteiger partial charge in [-0.1, -0.05) is 18.2 Å². The van der Waals surface area contributed by atoms with E-state index in [1.807, 2.05) is 7.05 Å². The predicted octanol–water partition coefficient (Wildman–Crippen LogP) is 0.630. The average molecular weight is 345 g/mol. The first-order valence-corrected chi connectivity index (χ1v) is 9.31. The summed E-state index contributed by atoms with van der Waals surface area (Å²) in [6, 6.07) is 11.2. The normalized spacial score (nSPS) is 23.8. The van der Waals surface area contributed by atoms with E-state index in [0.717, 1.165) is 58.3 Å². The zero-order chi connectivity index (χ0) is 17.6. The number of nitrogens with one attached hydrogen (secondary N) is 1. The number of rotatable bonds is 3. The highest BCUT2D eigenvalue weighted by molar-refractivity contribution is 5.80. The lowest BCUT2D eigenvalue weighted by atomic mass is 10.2. The van der Waals surface area contributed by atoms with Gasteiger partial charge in [-0.25, -0.2) is 0 Å². The fourth-order valence-electron chi connectivity index (χ4n) is 3.68. The van der Waals surface area contributed by atoms with E-state index in [0.29, 0.717) is 6.04 Å². The standard InChI is InChI=1S/C19H32N6/c1-20-19(21-15-18-16-22(2)9-10-23(18)3)25-13-11-24(12-14-25)17-7-5-4-6-8-17/h4-8,18H,9-16H2,1-3H3,(H,20,21). The highest BCUT2D eigenvalue weighted by atomic mass is 15.4. The Balaban J connectivity index is 1.49. The second-order valence-corrected chi connectivity index (χ2v) is 7.13. The molecule has 2 heterocycles. The molecule has 0 amide bonds. The molecule has 1 atom stereocenters. The van der Waals surface area contributed by atoms with Crippen LogP contribution in [-0.4, -0.2) is 100 Å². The first-order chi connectivity index (χ1) is 12.2. The summed E-state index contributed by atoms with van der Waals surface area (Å²) in [7, 11) is 6.32. The lowest BCUT2D eigenvalue weighted by Gasteiger charge is -2.40. The SMILES string of the molecule is CN=C(NCC1CN(C)CCN1C)N1CCN(c2ccccc2)CC1. The molecule has 2 saturated heterocycles. The predicted molar refractivity (Wildman–Crippen MR) is 106 cm³/mol. The molecule has 0 bridgehead atoms. The third-order valence-electron chi connectivity index (χ3n) is 5.39. The van der Waals surface area contributed by atoms with Crippen molar-refractivity contribution >= 4 is 11.6 Å². The first-order valence-electron chi connectivity index (χ1n) is 9.31. The quantitative estimate of drug-likeness (QED) is 0.643. The molecular formula is C19H32N6. The number of piperazine rings is 2. The summed E-state index contributed by atoms with van der Waals surface area (Å²) < 4.78 is 0. The molecule has 25 heavy (non-hydrogen) atoms. The molecule has 6 nitrogen and oxygen atoms in total. The number of hydrogen-bond donors (Lipinski definition) is 1. The van der Waals surface area contributed by atoms with Crippen LogP contribution in [0.25, 0.3) is 0 Å². The molecule has 0 aromatic heterocycles. The van der Waals surface area contributed by atoms with Crippen LogP contribution in [0, 0.1) is 0 Å². The van der Waals surface area contributed by atoms with E-state index < -0.39 is 0 Å². The van der Waals surface area contributed by atoms with Crippen molar-refractivity contribution in [1.82, 2.24) is 20.0 Å². The van der Waals surface area contributed by atoms with E-state index >= 15 is 0 Å². The van der Waals surface area contributed by atoms with Crippen molar-refractivity contribution < 1.29 is 0 Å². The summed E-state index contributed by atoms with van der Waals surface area (Å²) >= 11 is 0. The van der Waals surface area contributed by atoms with Gasteiger partial charge in [0.1, 0.15) is 0 Å². The molecule has 0 saturated carbocycles. The van der Waals surface area contributed by atoms with Crippen LogP contribution in [0.3, 0.4) is 0 Å². The highest BCUT2D eigenvalue weighted by Gasteiger charge is 2.24. The van der Waals surface area contributed by atoms with Crippen LogP contribution >= 0.6 is 0 Å². The van der Waals surface area contributed by atoms with Gasteiger partial charge in [-0.15, -0.1) is 0 Å². The zero-order valence-electron chi connectivity index (χ0n) is 15.9. The van der Waals surface area contributed by atoms with E-state index in [1.165, 1.54) is 5.69 Å². The maximum Gasteiger partial charge on any atom is 0.193 e. The van der Waals surface area contributed by atoms with Gasteiger partial charge in [0, 0.05) is 71.1 Å². The van der Waals surface area contributed by atoms with Crippen molar-refractivity contribution in [3.05, 3.63) is 30.3 Å². The number of guanidine groups is 1. The third kappa shape index (κ3) is 4.64. The topological polar surface area (TPSA) is 37.4 Å². The summed E-state index contributed by atoms with van der Waals surface area (Å²) in [6.07, 6.45) is 0. The van der Waals surface area contributed by atoms with Gasteiger partial charge in [-0.3, -0.25) is 9.89 Å². The molecule has 0 spiro atoms. The molecular weight excluding hydrogens is 312 g/mol. The van der Waals surface area contributed by atoms with Crippen LogP contribution in [0.1, 0.15) is 0 Å². The number of nitrogens with zero attached hydrogens (tertiary/aromatic N) is 5. The maximum atomic E-state index is 4.52. The van der Waals surface area contributed by atoms with E-state index in [1.54, 1.807) is 0 Å². The van der Waals surface area contributed by atoms with E-state index in [-0.39, 0.29) is 0 Å². The molecule has 2 aliphatic rings. The molecule has 2 aliphatic heterocycles. The molecule has 3 rings (SSSR count). The molecule has 2 fully saturated rings. The van der Waals surface area contributed by atoms with Crippen molar-refractivity contribution in [3.8, 4) is 0 Å². The van der Waals surface area contributed by atoms with Gasteiger partial charge in [0.25, 0.3) is 0 Å². The highest BCUT2D eigenvalue weighted by Crippen LogP contribution is 2.15. The zero-order valence-corrected chi connectivity index (χ0v) is 15.9. The van der Waals surface area contributed by atoms with Crippen molar-refractivity contribution in [3.63, 3.8) is 0 Å². The van der Waals surface area contributed by atoms with Crippen LogP contribution in [0.15, 0.2) is 35.3 Å². The van der Waals surface area contributed by atoms with Gasteiger partial charge in [-0.05, 0) is 26.2 Å². The number of benzene rings is 1. The smallest absolute Gasteiger partial charge is 0.193 e. The largest absolute Gasteiger partial charge is 0.368 e. The summed E-state index contributed by atoms with van der Waals surface area (Å²) in [5.41, 5.74) is 1.32. The van der Waals surface area contributed by atoms with Crippen LogP contribution in [-0.2, 0) is 0 Å². The van der Waals surface area contributed by atoms with Gasteiger partial charge >= 0.3 is 0 Å². The molecule has 1 aromatic rings. The number of anilines is 1. The first kappa shape index (κ1) is 18.0. The molecule has 1 unspecified atom stereocenters. The molecule has 0 radical (unpaired) electrons. The second-order valence-electron chi connectivity index (χ2n) is 7.13. The minimum Gasteiger partial charge on any atom is -0.368 e. The fraction of sp³-hybridized carbons (Fsp3) is 0.632. The fourth-order valence-corrected chi connectivity index (χ4v) is 3.68. The van der Waals surface area contributed by atoms with Crippen molar-refractivity contribution in [2.24, 2.45) is 4.99 Å². The monoisotopic (exact) mass is 344 g/mol. The Bertz CT molecular complexity index is 552. The van der Waals surface area contributed by atoms with E-state index in [9.17, 15) is 0 Å². The van der Waals surface area contributed by atoms with Crippen LogP contribution in [0.4, 0.5) is 5.69 Å². The summed E-state index contributed by atoms with van der Waals surface area (Å²) in [5, 5.41) is 3.60. The number of aliphatic imine (C=N–C) groups is 1. The van der Waals surface area contributed by atoms with Crippen molar-refractivity contribution in [2.75, 3.05) is 78.4 Å². The average Bonchev–Trinajstić information content (AvgIpc) is 2.66. The summed E-state index contributed by atoms with van der Waals surface area (Å²) in [5.74, 6) is 1.04. The Morgan fingerprint density at radius 3 is 2.44 bits per heavy atom. The maximum absolute atomic E-state index is 4.52. The number of hydrogen-bond acceptors (Lipinski definition) is 4. The Morgan fingerprint density at radius 1 is 1.04 bits per heavy atom. The van der Waals surface area contributed by atoms with E-state index in [2.05, 4.69) is 74.3 Å². The van der Waals surface area contributed by atoms with Crippen molar-refractivity contribution in [1.29, 1.82) is 0 Å². The lowest BCUT2D eigenvalue weighted by Crippen LogP contribution is -2.57. The minimum absolute atomic E-state index is 0.543.